The monoisotopic (exact) mass is 771 g/mol. The van der Waals surface area contributed by atoms with Crippen molar-refractivity contribution in [2.45, 2.75) is 0 Å². The van der Waals surface area contributed by atoms with Gasteiger partial charge in [0.2, 0.25) is 0 Å². The topological polar surface area (TPSA) is 14.8 Å². The minimum Gasteiger partial charge on any atom is -0.309 e. The van der Waals surface area contributed by atoms with Crippen LogP contribution in [0.5, 0.6) is 0 Å². The van der Waals surface area contributed by atoms with Crippen molar-refractivity contribution in [2.24, 2.45) is 0 Å². The highest BCUT2D eigenvalue weighted by Gasteiger charge is 2.27. The lowest BCUT2D eigenvalue weighted by atomic mass is 10.1. The number of benzene rings is 9. The lowest BCUT2D eigenvalue weighted by Crippen LogP contribution is -2.25. The molecule has 0 fully saturated rings. The maximum absolute atomic E-state index is 5.43. The summed E-state index contributed by atoms with van der Waals surface area (Å²) in [5, 5.41) is 11.2. The van der Waals surface area contributed by atoms with Gasteiger partial charge in [0.1, 0.15) is 0 Å². The van der Waals surface area contributed by atoms with Gasteiger partial charge in [-0.1, -0.05) is 134 Å². The second-order valence-electron chi connectivity index (χ2n) is 15.5. The fraction of sp³-hybridized carbons (Fsp3) is 0. The van der Waals surface area contributed by atoms with E-state index in [1.165, 1.54) is 81.3 Å². The smallest absolute Gasteiger partial charge is 0.0541 e. The Bertz CT molecular complexity index is 3250. The van der Waals surface area contributed by atoms with Gasteiger partial charge in [-0.25, -0.2) is 0 Å². The fourth-order valence-corrected chi connectivity index (χ4v) is 12.5. The molecule has 0 radical (unpaired) electrons. The SMILES string of the molecule is C=P(c1ccc2c(c1)c1ccccc1n2-c1ccccc1)(c1ccc2c(c1)c1ccccc1n2-c1ccccc1)c1ccc2c(c1)c1ccccc1n2-c1ccccc1. The molecule has 0 aliphatic rings. The molecule has 12 rings (SSSR count). The van der Waals surface area contributed by atoms with Gasteiger partial charge in [-0.3, -0.25) is 0 Å². The van der Waals surface area contributed by atoms with Crippen LogP contribution in [0.15, 0.2) is 218 Å². The highest BCUT2D eigenvalue weighted by molar-refractivity contribution is 7.93. The summed E-state index contributed by atoms with van der Waals surface area (Å²) in [4.78, 5) is 0. The van der Waals surface area contributed by atoms with Gasteiger partial charge in [0.05, 0.1) is 33.1 Å². The summed E-state index contributed by atoms with van der Waals surface area (Å²) in [6.45, 7) is -2.54. The van der Waals surface area contributed by atoms with E-state index < -0.39 is 6.89 Å². The number of hydrogen-bond acceptors (Lipinski definition) is 0. The van der Waals surface area contributed by atoms with Gasteiger partial charge < -0.3 is 13.7 Å². The van der Waals surface area contributed by atoms with Crippen molar-refractivity contribution in [3.63, 3.8) is 0 Å². The maximum atomic E-state index is 5.43. The Balaban J connectivity index is 1.16. The Morgan fingerprint density at radius 3 is 0.814 bits per heavy atom. The third-order valence-corrected chi connectivity index (χ3v) is 15.8. The molecule has 278 valence electrons. The highest BCUT2D eigenvalue weighted by Crippen LogP contribution is 2.46. The van der Waals surface area contributed by atoms with Crippen LogP contribution in [0, 0.1) is 0 Å². The average Bonchev–Trinajstić information content (AvgIpc) is 3.94. The molecule has 0 saturated carbocycles. The number of rotatable bonds is 6. The lowest BCUT2D eigenvalue weighted by Gasteiger charge is -2.27. The molecule has 12 aromatic rings. The van der Waals surface area contributed by atoms with E-state index in [1.54, 1.807) is 0 Å². The number of aromatic nitrogens is 3. The molecule has 3 nitrogen and oxygen atoms in total. The van der Waals surface area contributed by atoms with Crippen LogP contribution in [0.25, 0.3) is 82.5 Å². The summed E-state index contributed by atoms with van der Waals surface area (Å²) in [5.74, 6) is 0. The molecule has 0 N–H and O–H groups in total. The zero-order valence-corrected chi connectivity index (χ0v) is 33.2. The Kier molecular flexibility index (Phi) is 7.51. The van der Waals surface area contributed by atoms with Crippen molar-refractivity contribution in [1.82, 2.24) is 13.7 Å². The Labute approximate surface area is 342 Å². The van der Waals surface area contributed by atoms with E-state index >= 15 is 0 Å². The first-order chi connectivity index (χ1) is 29.2. The minimum atomic E-state index is -2.54. The number of fused-ring (bicyclic) bond motifs is 9. The average molecular weight is 772 g/mol. The lowest BCUT2D eigenvalue weighted by molar-refractivity contribution is 1.18. The molecule has 0 saturated heterocycles. The predicted octanol–water partition coefficient (Wildman–Crippen LogP) is 12.7. The first kappa shape index (κ1) is 33.8. The first-order valence-corrected chi connectivity index (χ1v) is 22.2. The van der Waals surface area contributed by atoms with Crippen LogP contribution in [0.3, 0.4) is 0 Å². The van der Waals surface area contributed by atoms with Crippen molar-refractivity contribution in [1.29, 1.82) is 0 Å². The van der Waals surface area contributed by atoms with Crippen LogP contribution in [0.2, 0.25) is 0 Å². The Morgan fingerprint density at radius 2 is 0.508 bits per heavy atom. The summed E-state index contributed by atoms with van der Waals surface area (Å²) >= 11 is 0. The van der Waals surface area contributed by atoms with Crippen molar-refractivity contribution in [3.8, 4) is 17.1 Å². The van der Waals surface area contributed by atoms with E-state index in [2.05, 4.69) is 232 Å². The molecular weight excluding hydrogens is 734 g/mol. The Morgan fingerprint density at radius 1 is 0.254 bits per heavy atom. The van der Waals surface area contributed by atoms with Crippen molar-refractivity contribution in [3.05, 3.63) is 218 Å². The first-order valence-electron chi connectivity index (χ1n) is 20.2. The minimum absolute atomic E-state index is 1.16. The van der Waals surface area contributed by atoms with Crippen LogP contribution in [-0.4, -0.2) is 20.0 Å². The number of hydrogen-bond donors (Lipinski definition) is 0. The molecule has 59 heavy (non-hydrogen) atoms. The normalized spacial score (nSPS) is 12.1. The standard InChI is InChI=1S/C55H38N3P/c1-59(41-29-32-53-47(35-41)44-23-11-14-26-50(44)56(53)38-17-5-2-6-18-38,42-30-33-54-48(36-42)45-24-12-15-27-51(45)57(54)39-19-7-3-8-20-39)43-31-34-55-49(37-43)46-25-13-16-28-52(46)58(55)40-21-9-4-10-22-40/h2-37H,1H2. The zero-order valence-electron chi connectivity index (χ0n) is 32.3. The van der Waals surface area contributed by atoms with E-state index in [1.807, 2.05) is 0 Å². The van der Waals surface area contributed by atoms with Gasteiger partial charge in [-0.15, -0.1) is 0 Å². The molecule has 0 amide bonds. The highest BCUT2D eigenvalue weighted by atomic mass is 31.2. The third-order valence-electron chi connectivity index (χ3n) is 12.3. The quantitative estimate of drug-likeness (QED) is 0.150. The van der Waals surface area contributed by atoms with Gasteiger partial charge in [0.15, 0.2) is 0 Å². The molecule has 0 aliphatic heterocycles. The summed E-state index contributed by atoms with van der Waals surface area (Å²) in [5.41, 5.74) is 10.6. The molecule has 0 unspecified atom stereocenters. The molecule has 9 aromatic carbocycles. The molecule has 0 bridgehead atoms. The van der Waals surface area contributed by atoms with Gasteiger partial charge in [0.25, 0.3) is 0 Å². The molecule has 4 heteroatoms. The fourth-order valence-electron chi connectivity index (χ4n) is 9.61. The van der Waals surface area contributed by atoms with Crippen LogP contribution in [0.4, 0.5) is 0 Å². The van der Waals surface area contributed by atoms with E-state index in [0.717, 1.165) is 17.1 Å². The van der Waals surface area contributed by atoms with Gasteiger partial charge in [-0.05, 0) is 114 Å². The Hall–Kier alpha value is -7.32. The molecule has 0 aliphatic carbocycles. The van der Waals surface area contributed by atoms with E-state index in [0.29, 0.717) is 0 Å². The molecule has 0 atom stereocenters. The van der Waals surface area contributed by atoms with Crippen molar-refractivity contribution >= 4 is 94.5 Å². The molecule has 0 spiro atoms. The second kappa shape index (κ2) is 13.1. The summed E-state index contributed by atoms with van der Waals surface area (Å²) in [6, 6.07) is 79.9. The second-order valence-corrected chi connectivity index (χ2v) is 18.6. The number of para-hydroxylation sites is 6. The molecule has 3 heterocycles. The maximum Gasteiger partial charge on any atom is 0.0541 e. The third kappa shape index (κ3) is 5.02. The number of nitrogens with zero attached hydrogens (tertiary/aromatic N) is 3. The van der Waals surface area contributed by atoms with Crippen LogP contribution >= 0.6 is 6.89 Å². The van der Waals surface area contributed by atoms with Gasteiger partial charge in [-0.2, -0.15) is 0 Å². The largest absolute Gasteiger partial charge is 0.309 e. The summed E-state index contributed by atoms with van der Waals surface area (Å²) < 4.78 is 7.19. The van der Waals surface area contributed by atoms with Crippen LogP contribution in [0.1, 0.15) is 0 Å². The van der Waals surface area contributed by atoms with Crippen LogP contribution < -0.4 is 15.9 Å². The zero-order chi connectivity index (χ0) is 39.1. The van der Waals surface area contributed by atoms with E-state index in [9.17, 15) is 0 Å². The van der Waals surface area contributed by atoms with Gasteiger partial charge >= 0.3 is 0 Å². The van der Waals surface area contributed by atoms with Crippen molar-refractivity contribution < 1.29 is 0 Å². The summed E-state index contributed by atoms with van der Waals surface area (Å²) in [6.07, 6.45) is 5.43. The molecule has 3 aromatic heterocycles. The van der Waals surface area contributed by atoms with E-state index in [4.69, 9.17) is 6.30 Å². The molecular formula is C55H38N3P. The summed E-state index contributed by atoms with van der Waals surface area (Å²) in [7, 11) is 0. The van der Waals surface area contributed by atoms with Crippen molar-refractivity contribution in [2.75, 3.05) is 0 Å². The predicted molar refractivity (Wildman–Crippen MR) is 255 cm³/mol. The van der Waals surface area contributed by atoms with Gasteiger partial charge in [0, 0.05) is 49.4 Å². The van der Waals surface area contributed by atoms with E-state index in [-0.39, 0.29) is 0 Å². The van der Waals surface area contributed by atoms with Crippen LogP contribution in [-0.2, 0) is 0 Å².